The van der Waals surface area contributed by atoms with Gasteiger partial charge >= 0.3 is 0 Å². The van der Waals surface area contributed by atoms with Crippen LogP contribution in [0.15, 0.2) is 182 Å². The Morgan fingerprint density at radius 1 is 0.372 bits per heavy atom. The van der Waals surface area contributed by atoms with Crippen molar-refractivity contribution in [2.24, 2.45) is 0 Å². The predicted octanol–water partition coefficient (Wildman–Crippen LogP) is 18.0. The lowest BCUT2D eigenvalue weighted by atomic mass is 10.0. The van der Waals surface area contributed by atoms with Crippen LogP contribution >= 0.6 is 81.7 Å². The third-order valence-corrected chi connectivity index (χ3v) is 25.0. The highest BCUT2D eigenvalue weighted by atomic mass is 35.6. The number of rotatable bonds is 4. The topological polar surface area (TPSA) is 32.3 Å². The van der Waals surface area contributed by atoms with Crippen LogP contribution in [-0.2, 0) is 23.6 Å². The monoisotopic (exact) mass is 1210 g/mol. The molecule has 0 saturated carbocycles. The molecule has 10 aromatic carbocycles. The van der Waals surface area contributed by atoms with Crippen LogP contribution in [0.1, 0.15) is 33.4 Å². The summed E-state index contributed by atoms with van der Waals surface area (Å²) in [6.45, 7) is 13.3. The number of nitrogens with zero attached hydrogens (tertiary/aromatic N) is 4. The lowest BCUT2D eigenvalue weighted by Gasteiger charge is -2.41. The SMILES string of the molecule is Cc1cc(C)c(P2(=S)c3ccccc3N(c3ccc4c(ccc5nc6ccc7cc(N8c9ccccc9P(=S)(c9c(C)cc(C)cc9C)c9ccccc98)ccc7c6nc54)c3)c3ccccc32)c(C)c1.ClC(Cl)Cl.ClC(Cl)Cl. The smallest absolute Gasteiger partial charge is 0.180 e. The van der Waals surface area contributed by atoms with Gasteiger partial charge in [0.15, 0.2) is 8.59 Å². The van der Waals surface area contributed by atoms with Gasteiger partial charge in [0, 0.05) is 55.4 Å². The molecule has 0 unspecified atom stereocenters. The van der Waals surface area contributed by atoms with E-state index in [1.807, 2.05) is 0 Å². The van der Waals surface area contributed by atoms with Gasteiger partial charge in [0.1, 0.15) is 0 Å². The van der Waals surface area contributed by atoms with E-state index in [1.165, 1.54) is 65.2 Å². The van der Waals surface area contributed by atoms with Crippen molar-refractivity contribution < 1.29 is 0 Å². The van der Waals surface area contributed by atoms with Gasteiger partial charge < -0.3 is 9.80 Å². The van der Waals surface area contributed by atoms with Gasteiger partial charge in [-0.1, -0.05) is 226 Å². The Balaban J connectivity index is 0.000000758. The highest BCUT2D eigenvalue weighted by molar-refractivity contribution is 8.26. The number of benzene rings is 10. The molecule has 14 heteroatoms. The van der Waals surface area contributed by atoms with Crippen LogP contribution in [0.5, 0.6) is 0 Å². The highest BCUT2D eigenvalue weighted by Gasteiger charge is 2.41. The van der Waals surface area contributed by atoms with E-state index in [9.17, 15) is 0 Å². The van der Waals surface area contributed by atoms with Gasteiger partial charge in [-0.3, -0.25) is 0 Å². The average Bonchev–Trinajstić information content (AvgIpc) is 3.60. The number of alkyl halides is 6. The van der Waals surface area contributed by atoms with Crippen LogP contribution in [-0.4, -0.2) is 18.6 Å². The minimum Gasteiger partial charge on any atom is -0.309 e. The van der Waals surface area contributed by atoms with E-state index in [1.54, 1.807) is 0 Å². The predicted molar refractivity (Wildman–Crippen MR) is 352 cm³/mol. The van der Waals surface area contributed by atoms with E-state index in [0.29, 0.717) is 0 Å². The number of aromatic nitrogens is 2. The summed E-state index contributed by atoms with van der Waals surface area (Å²) >= 11 is 42.9. The van der Waals surface area contributed by atoms with Gasteiger partial charge in [-0.25, -0.2) is 9.97 Å². The summed E-state index contributed by atoms with van der Waals surface area (Å²) in [6, 6.07) is 61.7. The minimum atomic E-state index is -2.42. The summed E-state index contributed by atoms with van der Waals surface area (Å²) in [5, 5.41) is 11.8. The molecule has 2 aliphatic rings. The molecule has 11 aromatic rings. The molecule has 2 aliphatic heterocycles. The van der Waals surface area contributed by atoms with Gasteiger partial charge in [-0.05, 0) is 146 Å². The second-order valence-corrected chi connectivity index (χ2v) is 32.2. The molecule has 0 bridgehead atoms. The Labute approximate surface area is 495 Å². The van der Waals surface area contributed by atoms with Crippen LogP contribution < -0.4 is 41.6 Å². The fourth-order valence-corrected chi connectivity index (χ4v) is 22.6. The number of halogens is 6. The first kappa shape index (κ1) is 54.9. The summed E-state index contributed by atoms with van der Waals surface area (Å²) in [6.07, 6.45) is 0. The summed E-state index contributed by atoms with van der Waals surface area (Å²) in [5.41, 5.74) is 17.8. The van der Waals surface area contributed by atoms with Gasteiger partial charge in [0.2, 0.25) is 0 Å². The molecule has 0 saturated heterocycles. The van der Waals surface area contributed by atoms with Crippen molar-refractivity contribution in [1.29, 1.82) is 0 Å². The number of hydrogen-bond acceptors (Lipinski definition) is 6. The first-order chi connectivity index (χ1) is 37.4. The minimum absolute atomic E-state index is 0.750. The zero-order valence-electron chi connectivity index (χ0n) is 43.2. The zero-order chi connectivity index (χ0) is 54.9. The zero-order valence-corrected chi connectivity index (χ0v) is 51.2. The molecular weight excluding hydrogens is 1160 g/mol. The van der Waals surface area contributed by atoms with E-state index in [4.69, 9.17) is 103 Å². The molecule has 0 radical (unpaired) electrons. The summed E-state index contributed by atoms with van der Waals surface area (Å²) < 4.78 is -1.50. The number of anilines is 6. The van der Waals surface area contributed by atoms with E-state index in [-0.39, 0.29) is 0 Å². The van der Waals surface area contributed by atoms with E-state index in [0.717, 1.165) is 77.7 Å². The quantitative estimate of drug-likeness (QED) is 0.0756. The lowest BCUT2D eigenvalue weighted by Crippen LogP contribution is -2.37. The molecule has 4 nitrogen and oxygen atoms in total. The first-order valence-electron chi connectivity index (χ1n) is 25.2. The Bertz CT molecular complexity index is 3910. The number of hydrogen-bond donors (Lipinski definition) is 0. The second-order valence-electron chi connectivity index (χ2n) is 19.7. The van der Waals surface area contributed by atoms with Crippen molar-refractivity contribution in [3.05, 3.63) is 215 Å². The van der Waals surface area contributed by atoms with Crippen molar-refractivity contribution in [1.82, 2.24) is 9.97 Å². The molecule has 3 heterocycles. The Kier molecular flexibility index (Phi) is 15.3. The van der Waals surface area contributed by atoms with E-state index in [2.05, 4.69) is 233 Å². The van der Waals surface area contributed by atoms with E-state index < -0.39 is 20.7 Å². The fourth-order valence-electron chi connectivity index (χ4n) is 12.1. The van der Waals surface area contributed by atoms with Gasteiger partial charge in [-0.2, -0.15) is 0 Å². The van der Waals surface area contributed by atoms with Crippen LogP contribution in [0.2, 0.25) is 0 Å². The van der Waals surface area contributed by atoms with Crippen molar-refractivity contribution in [2.75, 3.05) is 9.80 Å². The molecule has 0 fully saturated rings. The highest BCUT2D eigenvalue weighted by Crippen LogP contribution is 2.57. The molecule has 390 valence electrons. The van der Waals surface area contributed by atoms with Crippen molar-refractivity contribution in [2.45, 2.75) is 50.1 Å². The third kappa shape index (κ3) is 9.52. The van der Waals surface area contributed by atoms with Gasteiger partial charge in [-0.15, -0.1) is 0 Å². The van der Waals surface area contributed by atoms with Gasteiger partial charge in [0.25, 0.3) is 0 Å². The number of aryl methyl sites for hydroxylation is 6. The van der Waals surface area contributed by atoms with Crippen molar-refractivity contribution in [3.63, 3.8) is 0 Å². The Morgan fingerprint density at radius 3 is 0.974 bits per heavy atom. The standard InChI is InChI=1S/C62H48N4P2S2.2CHCl3/c1-37-31-39(3)61(40(4)32-37)67(69)55-19-11-7-15-51(55)65(52-16-8-12-20-56(52)67)45-25-27-47-43(35-45)23-29-49-59(47)64-60-48-28-26-46(36-44(48)24-30-50(60)63-49)66-53-17-9-13-21-57(53)68(70,58-22-14-10-18-54(58)66)62-41(5)33-38(2)34-42(62)6;2*2-1(3)4/h7-36H,1-6H3;2*1H. The number of fused-ring (bicyclic) bond motifs is 10. The molecule has 0 N–H and O–H groups in total. The molecule has 13 rings (SSSR count). The summed E-state index contributed by atoms with van der Waals surface area (Å²) in [5.74, 6) is 0. The fraction of sp³-hybridized carbons (Fsp3) is 0.125. The lowest BCUT2D eigenvalue weighted by molar-refractivity contribution is 1.30. The molecule has 1 aromatic heterocycles. The molecule has 78 heavy (non-hydrogen) atoms. The van der Waals surface area contributed by atoms with Crippen LogP contribution in [0, 0.1) is 41.5 Å². The van der Waals surface area contributed by atoms with E-state index >= 15 is 0 Å². The van der Waals surface area contributed by atoms with Crippen molar-refractivity contribution in [3.8, 4) is 0 Å². The van der Waals surface area contributed by atoms with Crippen LogP contribution in [0.3, 0.4) is 0 Å². The Hall–Kier alpha value is -5.04. The molecule has 0 spiro atoms. The molecule has 0 aliphatic carbocycles. The molecule has 0 amide bonds. The molecule has 0 atom stereocenters. The first-order valence-corrected chi connectivity index (χ1v) is 33.4. The van der Waals surface area contributed by atoms with Crippen LogP contribution in [0.4, 0.5) is 34.1 Å². The second kappa shape index (κ2) is 21.8. The summed E-state index contributed by atoms with van der Waals surface area (Å²) in [7, 11) is 0. The number of para-hydroxylation sites is 4. The third-order valence-electron chi connectivity index (χ3n) is 14.6. The van der Waals surface area contributed by atoms with Crippen molar-refractivity contribution >= 4 is 215 Å². The summed E-state index contributed by atoms with van der Waals surface area (Å²) in [4.78, 5) is 15.6. The maximum Gasteiger partial charge on any atom is 0.180 e. The van der Waals surface area contributed by atoms with Gasteiger partial charge in [0.05, 0.1) is 44.8 Å². The maximum atomic E-state index is 7.02. The Morgan fingerprint density at radius 2 is 0.667 bits per heavy atom. The average molecular weight is 1210 g/mol. The molecular formula is C64H50Cl6N4P2S2. The van der Waals surface area contributed by atoms with Crippen LogP contribution in [0.25, 0.3) is 43.6 Å². The largest absolute Gasteiger partial charge is 0.309 e. The maximum absolute atomic E-state index is 7.02. The normalized spacial score (nSPS) is 13.9.